The van der Waals surface area contributed by atoms with Crippen molar-refractivity contribution in [2.24, 2.45) is 5.73 Å². The van der Waals surface area contributed by atoms with Crippen LogP contribution in [0.2, 0.25) is 0 Å². The minimum Gasteiger partial charge on any atom is -0.357 e. The number of rotatable bonds is 6. The van der Waals surface area contributed by atoms with E-state index in [9.17, 15) is 9.59 Å². The average molecular weight is 305 g/mol. The molecule has 0 unspecified atom stereocenters. The zero-order chi connectivity index (χ0) is 15.8. The van der Waals surface area contributed by atoms with E-state index in [1.54, 1.807) is 6.20 Å². The van der Waals surface area contributed by atoms with Crippen LogP contribution >= 0.6 is 0 Å². The number of amides is 2. The van der Waals surface area contributed by atoms with Gasteiger partial charge in [-0.25, -0.2) is 4.98 Å². The van der Waals surface area contributed by atoms with Gasteiger partial charge in [0.1, 0.15) is 5.82 Å². The van der Waals surface area contributed by atoms with E-state index in [1.807, 2.05) is 12.1 Å². The molecule has 0 radical (unpaired) electrons. The molecule has 1 aromatic rings. The largest absolute Gasteiger partial charge is 0.357 e. The van der Waals surface area contributed by atoms with Crippen LogP contribution in [0.3, 0.4) is 0 Å². The van der Waals surface area contributed by atoms with E-state index in [1.165, 1.54) is 19.3 Å². The molecule has 7 heteroatoms. The lowest BCUT2D eigenvalue weighted by Crippen LogP contribution is -2.39. The molecule has 2 rings (SSSR count). The van der Waals surface area contributed by atoms with Gasteiger partial charge in [-0.3, -0.25) is 9.59 Å². The van der Waals surface area contributed by atoms with Crippen molar-refractivity contribution in [3.63, 3.8) is 0 Å². The van der Waals surface area contributed by atoms with Crippen LogP contribution in [0.1, 0.15) is 24.8 Å². The van der Waals surface area contributed by atoms with E-state index < -0.39 is 0 Å². The first-order valence-corrected chi connectivity index (χ1v) is 7.62. The van der Waals surface area contributed by atoms with E-state index in [2.05, 4.69) is 20.5 Å². The highest BCUT2D eigenvalue weighted by Crippen LogP contribution is 2.18. The predicted octanol–water partition coefficient (Wildman–Crippen LogP) is -0.237. The number of nitrogens with two attached hydrogens (primary N) is 1. The Morgan fingerprint density at radius 2 is 1.95 bits per heavy atom. The monoisotopic (exact) mass is 305 g/mol. The number of hydrogen-bond donors (Lipinski definition) is 3. The summed E-state index contributed by atoms with van der Waals surface area (Å²) in [5.74, 6) is 0.382. The van der Waals surface area contributed by atoms with Gasteiger partial charge < -0.3 is 21.3 Å². The Labute approximate surface area is 130 Å². The summed E-state index contributed by atoms with van der Waals surface area (Å²) in [4.78, 5) is 29.3. The summed E-state index contributed by atoms with van der Waals surface area (Å²) < 4.78 is 0. The number of pyridine rings is 1. The van der Waals surface area contributed by atoms with Gasteiger partial charge in [-0.2, -0.15) is 0 Å². The lowest BCUT2D eigenvalue weighted by atomic mass is 10.1. The third-order valence-electron chi connectivity index (χ3n) is 3.61. The first-order chi connectivity index (χ1) is 10.7. The van der Waals surface area contributed by atoms with Crippen LogP contribution in [0.25, 0.3) is 0 Å². The fourth-order valence-electron chi connectivity index (χ4n) is 2.38. The molecule has 0 spiro atoms. The van der Waals surface area contributed by atoms with Gasteiger partial charge in [0.15, 0.2) is 0 Å². The molecular formula is C15H23N5O2. The smallest absolute Gasteiger partial charge is 0.239 e. The molecule has 120 valence electrons. The molecule has 0 aromatic carbocycles. The Bertz CT molecular complexity index is 514. The molecule has 0 aliphatic carbocycles. The molecule has 2 amide bonds. The standard InChI is InChI=1S/C15H23N5O2/c16-9-14(21)19-11-15(22)18-10-12-4-5-17-13(8-12)20-6-2-1-3-7-20/h4-5,8H,1-3,6-7,9-11,16H2,(H,18,22)(H,19,21). The second-order valence-corrected chi connectivity index (χ2v) is 5.33. The Balaban J connectivity index is 1.82. The van der Waals surface area contributed by atoms with Crippen molar-refractivity contribution in [2.75, 3.05) is 31.1 Å². The number of aromatic nitrogens is 1. The van der Waals surface area contributed by atoms with Crippen molar-refractivity contribution in [3.8, 4) is 0 Å². The lowest BCUT2D eigenvalue weighted by Gasteiger charge is -2.27. The first-order valence-electron chi connectivity index (χ1n) is 7.62. The Morgan fingerprint density at radius 1 is 1.18 bits per heavy atom. The van der Waals surface area contributed by atoms with Crippen molar-refractivity contribution in [1.82, 2.24) is 15.6 Å². The van der Waals surface area contributed by atoms with Crippen LogP contribution < -0.4 is 21.3 Å². The predicted molar refractivity (Wildman–Crippen MR) is 84.2 cm³/mol. The van der Waals surface area contributed by atoms with E-state index in [0.29, 0.717) is 6.54 Å². The zero-order valence-electron chi connectivity index (χ0n) is 12.7. The molecule has 1 saturated heterocycles. The van der Waals surface area contributed by atoms with Gasteiger partial charge in [0.25, 0.3) is 0 Å². The molecule has 0 bridgehead atoms. The average Bonchev–Trinajstić information content (AvgIpc) is 2.58. The second-order valence-electron chi connectivity index (χ2n) is 5.33. The van der Waals surface area contributed by atoms with Gasteiger partial charge in [0.05, 0.1) is 13.1 Å². The molecule has 4 N–H and O–H groups in total. The fraction of sp³-hybridized carbons (Fsp3) is 0.533. The van der Waals surface area contributed by atoms with Crippen LogP contribution in [0.4, 0.5) is 5.82 Å². The van der Waals surface area contributed by atoms with Crippen molar-refractivity contribution in [3.05, 3.63) is 23.9 Å². The van der Waals surface area contributed by atoms with Gasteiger partial charge >= 0.3 is 0 Å². The molecule has 0 saturated carbocycles. The van der Waals surface area contributed by atoms with Crippen LogP contribution in [-0.2, 0) is 16.1 Å². The van der Waals surface area contributed by atoms with Gasteiger partial charge in [0, 0.05) is 25.8 Å². The Morgan fingerprint density at radius 3 is 2.68 bits per heavy atom. The van der Waals surface area contributed by atoms with Crippen LogP contribution in [-0.4, -0.2) is 43.0 Å². The van der Waals surface area contributed by atoms with Gasteiger partial charge in [-0.15, -0.1) is 0 Å². The van der Waals surface area contributed by atoms with Crippen LogP contribution in [0.15, 0.2) is 18.3 Å². The topological polar surface area (TPSA) is 100 Å². The maximum atomic E-state index is 11.6. The summed E-state index contributed by atoms with van der Waals surface area (Å²) in [5, 5.41) is 5.20. The number of anilines is 1. The molecule has 2 heterocycles. The van der Waals surface area contributed by atoms with Crippen molar-refractivity contribution in [2.45, 2.75) is 25.8 Å². The number of hydrogen-bond acceptors (Lipinski definition) is 5. The first kappa shape index (κ1) is 16.2. The van der Waals surface area contributed by atoms with Crippen LogP contribution in [0.5, 0.6) is 0 Å². The Kier molecular flexibility index (Phi) is 6.14. The molecular weight excluding hydrogens is 282 g/mol. The SMILES string of the molecule is NCC(=O)NCC(=O)NCc1ccnc(N2CCCCC2)c1. The quantitative estimate of drug-likeness (QED) is 0.674. The zero-order valence-corrected chi connectivity index (χ0v) is 12.7. The number of nitrogens with zero attached hydrogens (tertiary/aromatic N) is 2. The molecule has 22 heavy (non-hydrogen) atoms. The molecule has 0 atom stereocenters. The molecule has 7 nitrogen and oxygen atoms in total. The van der Waals surface area contributed by atoms with Gasteiger partial charge in [-0.05, 0) is 37.0 Å². The van der Waals surface area contributed by atoms with E-state index >= 15 is 0 Å². The third-order valence-corrected chi connectivity index (χ3v) is 3.61. The number of carbonyl (C=O) groups excluding carboxylic acids is 2. The summed E-state index contributed by atoms with van der Waals surface area (Å²) in [7, 11) is 0. The summed E-state index contributed by atoms with van der Waals surface area (Å²) in [6.07, 6.45) is 5.44. The van der Waals surface area contributed by atoms with Gasteiger partial charge in [-0.1, -0.05) is 0 Å². The maximum absolute atomic E-state index is 11.6. The number of carbonyl (C=O) groups is 2. The van der Waals surface area contributed by atoms with Crippen molar-refractivity contribution < 1.29 is 9.59 Å². The highest BCUT2D eigenvalue weighted by atomic mass is 16.2. The van der Waals surface area contributed by atoms with Crippen LogP contribution in [0, 0.1) is 0 Å². The summed E-state index contributed by atoms with van der Waals surface area (Å²) in [6, 6.07) is 3.89. The van der Waals surface area contributed by atoms with Crippen molar-refractivity contribution >= 4 is 17.6 Å². The molecule has 1 aromatic heterocycles. The van der Waals surface area contributed by atoms with E-state index in [-0.39, 0.29) is 24.9 Å². The highest BCUT2D eigenvalue weighted by molar-refractivity contribution is 5.85. The summed E-state index contributed by atoms with van der Waals surface area (Å²) in [6.45, 7) is 2.32. The highest BCUT2D eigenvalue weighted by Gasteiger charge is 2.12. The molecule has 1 aliphatic heterocycles. The van der Waals surface area contributed by atoms with E-state index in [0.717, 1.165) is 24.5 Å². The van der Waals surface area contributed by atoms with Gasteiger partial charge in [0.2, 0.25) is 11.8 Å². The summed E-state index contributed by atoms with van der Waals surface area (Å²) >= 11 is 0. The third kappa shape index (κ3) is 5.00. The van der Waals surface area contributed by atoms with Crippen molar-refractivity contribution in [1.29, 1.82) is 0 Å². The Hall–Kier alpha value is -2.15. The van der Waals surface area contributed by atoms with E-state index in [4.69, 9.17) is 5.73 Å². The summed E-state index contributed by atoms with van der Waals surface area (Å²) in [5.41, 5.74) is 6.15. The minimum atomic E-state index is -0.341. The molecule has 1 fully saturated rings. The number of piperidine rings is 1. The minimum absolute atomic E-state index is 0.0555. The second kappa shape index (κ2) is 8.33. The number of nitrogens with one attached hydrogen (secondary N) is 2. The lowest BCUT2D eigenvalue weighted by molar-refractivity contribution is -0.125. The fourth-order valence-corrected chi connectivity index (χ4v) is 2.38. The maximum Gasteiger partial charge on any atom is 0.239 e. The molecule has 1 aliphatic rings. The normalized spacial score (nSPS) is 14.5.